The van der Waals surface area contributed by atoms with E-state index in [1.807, 2.05) is 0 Å². The van der Waals surface area contributed by atoms with Crippen LogP contribution in [0.3, 0.4) is 0 Å². The molecule has 0 unspecified atom stereocenters. The molecule has 2 N–H and O–H groups in total. The number of pyridine rings is 1. The van der Waals surface area contributed by atoms with Crippen LogP contribution in [-0.2, 0) is 6.54 Å². The van der Waals surface area contributed by atoms with Crippen LogP contribution in [0.25, 0.3) is 10.9 Å². The molecule has 0 fully saturated rings. The number of nitriles is 1. The lowest BCUT2D eigenvalue weighted by Gasteiger charge is -2.14. The van der Waals surface area contributed by atoms with Gasteiger partial charge in [-0.15, -0.1) is 0 Å². The molecule has 2 aromatic carbocycles. The van der Waals surface area contributed by atoms with Crippen molar-refractivity contribution in [2.45, 2.75) is 13.5 Å². The second kappa shape index (κ2) is 6.65. The summed E-state index contributed by atoms with van der Waals surface area (Å²) in [5.41, 5.74) is 2.70. The average molecular weight is 337 g/mol. The quantitative estimate of drug-likeness (QED) is 0.755. The Bertz CT molecular complexity index is 996. The Hall–Kier alpha value is -3.33. The van der Waals surface area contributed by atoms with Crippen LogP contribution in [0, 0.1) is 24.1 Å². The lowest BCUT2D eigenvalue weighted by atomic mass is 10.1. The number of anilines is 1. The van der Waals surface area contributed by atoms with Crippen molar-refractivity contribution >= 4 is 16.6 Å². The molecule has 0 radical (unpaired) electrons. The van der Waals surface area contributed by atoms with Crippen molar-refractivity contribution in [2.75, 3.05) is 12.4 Å². The Balaban J connectivity index is 2.05. The number of phenolic OH excluding ortho intramolecular Hbond substituents is 1. The summed E-state index contributed by atoms with van der Waals surface area (Å²) < 4.78 is 18.9. The molecule has 6 heteroatoms. The van der Waals surface area contributed by atoms with Crippen molar-refractivity contribution in [3.05, 3.63) is 59.0 Å². The Kier molecular flexibility index (Phi) is 4.40. The molecule has 3 aromatic rings. The van der Waals surface area contributed by atoms with Crippen molar-refractivity contribution < 1.29 is 14.2 Å². The van der Waals surface area contributed by atoms with E-state index in [1.165, 1.54) is 25.4 Å². The molecule has 0 aliphatic heterocycles. The molecular weight excluding hydrogens is 321 g/mol. The fourth-order valence-electron chi connectivity index (χ4n) is 2.77. The summed E-state index contributed by atoms with van der Waals surface area (Å²) in [7, 11) is 1.47. The molecular formula is C19H16FN3O2. The number of methoxy groups -OCH3 is 1. The van der Waals surface area contributed by atoms with Gasteiger partial charge in [-0.25, -0.2) is 4.39 Å². The topological polar surface area (TPSA) is 78.2 Å². The number of nitrogens with one attached hydrogen (secondary N) is 1. The maximum absolute atomic E-state index is 13.8. The predicted molar refractivity (Wildman–Crippen MR) is 93.1 cm³/mol. The molecule has 5 nitrogen and oxygen atoms in total. The molecule has 0 aliphatic rings. The molecule has 0 bridgehead atoms. The smallest absolute Gasteiger partial charge is 0.162 e. The number of aromatic nitrogens is 1. The Morgan fingerprint density at radius 2 is 2.16 bits per heavy atom. The van der Waals surface area contributed by atoms with E-state index in [9.17, 15) is 14.8 Å². The van der Waals surface area contributed by atoms with Crippen molar-refractivity contribution in [3.8, 4) is 17.6 Å². The zero-order valence-electron chi connectivity index (χ0n) is 13.8. The number of fused-ring (bicyclic) bond motifs is 1. The van der Waals surface area contributed by atoms with E-state index in [-0.39, 0.29) is 12.3 Å². The number of halogens is 1. The number of para-hydroxylation sites is 1. The molecule has 0 spiro atoms. The van der Waals surface area contributed by atoms with Gasteiger partial charge in [0.25, 0.3) is 0 Å². The van der Waals surface area contributed by atoms with Crippen molar-refractivity contribution in [3.63, 3.8) is 0 Å². The van der Waals surface area contributed by atoms with Crippen molar-refractivity contribution in [2.24, 2.45) is 0 Å². The second-order valence-electron chi connectivity index (χ2n) is 5.60. The van der Waals surface area contributed by atoms with Gasteiger partial charge >= 0.3 is 0 Å². The number of aryl methyl sites for hydroxylation is 1. The van der Waals surface area contributed by atoms with Gasteiger partial charge in [-0.1, -0.05) is 12.1 Å². The number of nitrogens with zero attached hydrogens (tertiary/aromatic N) is 2. The lowest BCUT2D eigenvalue weighted by molar-refractivity contribution is 0.371. The van der Waals surface area contributed by atoms with Crippen LogP contribution in [0.15, 0.2) is 36.5 Å². The summed E-state index contributed by atoms with van der Waals surface area (Å²) in [6, 6.07) is 9.97. The average Bonchev–Trinajstić information content (AvgIpc) is 2.60. The largest absolute Gasteiger partial charge is 0.504 e. The van der Waals surface area contributed by atoms with Crippen molar-refractivity contribution in [1.29, 1.82) is 5.26 Å². The first kappa shape index (κ1) is 16.5. The third kappa shape index (κ3) is 3.04. The number of rotatable bonds is 4. The van der Waals surface area contributed by atoms with Gasteiger partial charge in [0.1, 0.15) is 11.9 Å². The Morgan fingerprint density at radius 1 is 1.36 bits per heavy atom. The fraction of sp³-hybridized carbons (Fsp3) is 0.158. The minimum atomic E-state index is -0.394. The molecule has 0 aliphatic carbocycles. The van der Waals surface area contributed by atoms with Gasteiger partial charge < -0.3 is 15.2 Å². The number of benzene rings is 2. The molecule has 1 heterocycles. The highest BCUT2D eigenvalue weighted by molar-refractivity contribution is 5.95. The van der Waals surface area contributed by atoms with Crippen LogP contribution in [0.2, 0.25) is 0 Å². The minimum absolute atomic E-state index is 0.0248. The number of hydrogen-bond donors (Lipinski definition) is 2. The van der Waals surface area contributed by atoms with Gasteiger partial charge in [-0.2, -0.15) is 5.26 Å². The van der Waals surface area contributed by atoms with Crippen LogP contribution < -0.4 is 10.1 Å². The van der Waals surface area contributed by atoms with E-state index < -0.39 is 5.82 Å². The molecule has 0 atom stereocenters. The standard InChI is InChI=1S/C19H16FN3O2/c1-11-6-14(20)7-15-17(11)22-10-13(8-21)18(15)23-9-12-4-3-5-16(25-2)19(12)24/h3-7,10,24H,9H2,1-2H3,(H,22,23). The van der Waals surface area contributed by atoms with E-state index in [0.717, 1.165) is 0 Å². The van der Waals surface area contributed by atoms with Crippen LogP contribution >= 0.6 is 0 Å². The Morgan fingerprint density at radius 3 is 2.88 bits per heavy atom. The van der Waals surface area contributed by atoms with Gasteiger partial charge in [0, 0.05) is 23.7 Å². The molecule has 1 aromatic heterocycles. The summed E-state index contributed by atoms with van der Waals surface area (Å²) in [6.07, 6.45) is 1.46. The van der Waals surface area contributed by atoms with Gasteiger partial charge in [-0.05, 0) is 30.7 Å². The van der Waals surface area contributed by atoms with Crippen LogP contribution in [0.5, 0.6) is 11.5 Å². The summed E-state index contributed by atoms with van der Waals surface area (Å²) in [5.74, 6) is -0.00724. The predicted octanol–water partition coefficient (Wildman–Crippen LogP) is 3.88. The second-order valence-corrected chi connectivity index (χ2v) is 5.60. The zero-order valence-corrected chi connectivity index (χ0v) is 13.8. The fourth-order valence-corrected chi connectivity index (χ4v) is 2.77. The van der Waals surface area contributed by atoms with E-state index in [2.05, 4.69) is 16.4 Å². The summed E-state index contributed by atoms with van der Waals surface area (Å²) in [4.78, 5) is 4.25. The van der Waals surface area contributed by atoms with Crippen LogP contribution in [0.4, 0.5) is 10.1 Å². The minimum Gasteiger partial charge on any atom is -0.504 e. The molecule has 0 amide bonds. The number of hydrogen-bond acceptors (Lipinski definition) is 5. The highest BCUT2D eigenvalue weighted by Gasteiger charge is 2.13. The van der Waals surface area contributed by atoms with Crippen LogP contribution in [0.1, 0.15) is 16.7 Å². The first-order chi connectivity index (χ1) is 12.0. The molecule has 3 rings (SSSR count). The van der Waals surface area contributed by atoms with Crippen LogP contribution in [-0.4, -0.2) is 17.2 Å². The zero-order chi connectivity index (χ0) is 18.0. The number of aromatic hydroxyl groups is 1. The molecule has 25 heavy (non-hydrogen) atoms. The summed E-state index contributed by atoms with van der Waals surface area (Å²) in [6.45, 7) is 2.01. The highest BCUT2D eigenvalue weighted by atomic mass is 19.1. The SMILES string of the molecule is COc1cccc(CNc2c(C#N)cnc3c(C)cc(F)cc23)c1O. The first-order valence-corrected chi connectivity index (χ1v) is 7.62. The maximum Gasteiger partial charge on any atom is 0.162 e. The van der Waals surface area contributed by atoms with Gasteiger partial charge in [0.05, 0.1) is 23.9 Å². The van der Waals surface area contributed by atoms with Gasteiger partial charge in [0.15, 0.2) is 11.5 Å². The first-order valence-electron chi connectivity index (χ1n) is 7.62. The van der Waals surface area contributed by atoms with Gasteiger partial charge in [0.2, 0.25) is 0 Å². The van der Waals surface area contributed by atoms with E-state index in [4.69, 9.17) is 4.74 Å². The van der Waals surface area contributed by atoms with E-state index >= 15 is 0 Å². The molecule has 0 saturated heterocycles. The van der Waals surface area contributed by atoms with Gasteiger partial charge in [-0.3, -0.25) is 4.98 Å². The number of ether oxygens (including phenoxy) is 1. The summed E-state index contributed by atoms with van der Waals surface area (Å²) in [5, 5.41) is 23.2. The van der Waals surface area contributed by atoms with Crippen molar-refractivity contribution in [1.82, 2.24) is 4.98 Å². The molecule has 126 valence electrons. The molecule has 0 saturated carbocycles. The third-order valence-electron chi connectivity index (χ3n) is 4.01. The van der Waals surface area contributed by atoms with E-state index in [0.29, 0.717) is 39.0 Å². The third-order valence-corrected chi connectivity index (χ3v) is 4.01. The maximum atomic E-state index is 13.8. The monoisotopic (exact) mass is 337 g/mol. The normalized spacial score (nSPS) is 10.5. The lowest BCUT2D eigenvalue weighted by Crippen LogP contribution is -2.04. The summed E-state index contributed by atoms with van der Waals surface area (Å²) >= 11 is 0. The highest BCUT2D eigenvalue weighted by Crippen LogP contribution is 2.32. The Labute approximate surface area is 144 Å². The van der Waals surface area contributed by atoms with E-state index in [1.54, 1.807) is 25.1 Å². The number of phenols is 1.